The minimum absolute atomic E-state index is 0.0144. The molecule has 2 aliphatic carbocycles. The van der Waals surface area contributed by atoms with E-state index >= 15 is 0 Å². The van der Waals surface area contributed by atoms with Crippen LogP contribution in [0, 0.1) is 5.92 Å². The van der Waals surface area contributed by atoms with Crippen molar-refractivity contribution in [3.05, 3.63) is 0 Å². The second-order valence-electron chi connectivity index (χ2n) is 7.40. The smallest absolute Gasteiger partial charge is 0.326 e. The van der Waals surface area contributed by atoms with Crippen molar-refractivity contribution in [3.63, 3.8) is 0 Å². The molecule has 6 amide bonds. The number of rotatable bonds is 5. The van der Waals surface area contributed by atoms with Crippen LogP contribution in [0.15, 0.2) is 0 Å². The van der Waals surface area contributed by atoms with E-state index in [0.29, 0.717) is 6.42 Å². The molecule has 0 aromatic carbocycles. The molecule has 0 unspecified atom stereocenters. The number of nitrogens with one attached hydrogen (secondary N) is 3. The summed E-state index contributed by atoms with van der Waals surface area (Å²) in [5.74, 6) is -2.11. The fourth-order valence-electron chi connectivity index (χ4n) is 3.57. The highest BCUT2D eigenvalue weighted by molar-refractivity contribution is 6.09. The number of amides is 6. The molecule has 3 fully saturated rings. The molecule has 1 spiro atoms. The lowest BCUT2D eigenvalue weighted by Gasteiger charge is -2.36. The molecule has 27 heavy (non-hydrogen) atoms. The molecule has 2 saturated carbocycles. The van der Waals surface area contributed by atoms with E-state index < -0.39 is 48.5 Å². The number of ether oxygens (including phenoxy) is 1. The van der Waals surface area contributed by atoms with Gasteiger partial charge in [-0.15, -0.1) is 0 Å². The molecule has 0 aromatic rings. The molecule has 1 aliphatic heterocycles. The van der Waals surface area contributed by atoms with Gasteiger partial charge in [-0.3, -0.25) is 24.6 Å². The molecule has 1 heterocycles. The Labute approximate surface area is 156 Å². The number of hydrogen-bond donors (Lipinski definition) is 3. The van der Waals surface area contributed by atoms with Crippen LogP contribution in [0.5, 0.6) is 0 Å². The third-order valence-corrected chi connectivity index (χ3v) is 5.32. The Morgan fingerprint density at radius 1 is 1.22 bits per heavy atom. The summed E-state index contributed by atoms with van der Waals surface area (Å²) in [6, 6.07) is -1.17. The van der Waals surface area contributed by atoms with Crippen LogP contribution in [-0.4, -0.2) is 59.5 Å². The van der Waals surface area contributed by atoms with Crippen LogP contribution in [0.1, 0.15) is 45.4 Å². The van der Waals surface area contributed by atoms with Crippen LogP contribution in [0.2, 0.25) is 0 Å². The van der Waals surface area contributed by atoms with Crippen molar-refractivity contribution in [3.8, 4) is 0 Å². The second kappa shape index (κ2) is 7.53. The molecular formula is C17H24N4O6. The molecule has 1 saturated heterocycles. The summed E-state index contributed by atoms with van der Waals surface area (Å²) >= 11 is 0. The Morgan fingerprint density at radius 2 is 1.96 bits per heavy atom. The average molecular weight is 380 g/mol. The van der Waals surface area contributed by atoms with Crippen LogP contribution in [0.25, 0.3) is 0 Å². The maximum Gasteiger partial charge on any atom is 0.326 e. The molecule has 10 heteroatoms. The van der Waals surface area contributed by atoms with Gasteiger partial charge in [-0.25, -0.2) is 9.59 Å². The SMILES string of the molecule is C[C@H]1CCCC[C@@]12NC(=O)N(CC(=O)OCC(=O)NC(=O)NC1CC1)C2=O. The van der Waals surface area contributed by atoms with Gasteiger partial charge in [0.25, 0.3) is 11.8 Å². The number of carbonyl (C=O) groups excluding carboxylic acids is 5. The Hall–Kier alpha value is -2.65. The van der Waals surface area contributed by atoms with Gasteiger partial charge < -0.3 is 15.4 Å². The van der Waals surface area contributed by atoms with E-state index in [-0.39, 0.29) is 12.0 Å². The Kier molecular flexibility index (Phi) is 5.33. The van der Waals surface area contributed by atoms with Crippen molar-refractivity contribution in [1.29, 1.82) is 0 Å². The summed E-state index contributed by atoms with van der Waals surface area (Å²) in [6.45, 7) is 0.680. The van der Waals surface area contributed by atoms with Gasteiger partial charge >= 0.3 is 18.0 Å². The van der Waals surface area contributed by atoms with E-state index in [1.807, 2.05) is 12.2 Å². The first-order valence-corrected chi connectivity index (χ1v) is 9.22. The first-order chi connectivity index (χ1) is 12.8. The molecule has 0 aromatic heterocycles. The van der Waals surface area contributed by atoms with Gasteiger partial charge in [-0.05, 0) is 31.6 Å². The van der Waals surface area contributed by atoms with Gasteiger partial charge in [-0.1, -0.05) is 19.8 Å². The monoisotopic (exact) mass is 380 g/mol. The first-order valence-electron chi connectivity index (χ1n) is 9.22. The molecule has 2 atom stereocenters. The Balaban J connectivity index is 1.47. The average Bonchev–Trinajstić information content (AvgIpc) is 3.39. The normalized spacial score (nSPS) is 27.3. The van der Waals surface area contributed by atoms with Gasteiger partial charge in [0.1, 0.15) is 12.1 Å². The van der Waals surface area contributed by atoms with Crippen LogP contribution in [-0.2, 0) is 19.1 Å². The van der Waals surface area contributed by atoms with Crippen molar-refractivity contribution >= 4 is 29.8 Å². The molecule has 3 aliphatic rings. The Morgan fingerprint density at radius 3 is 2.63 bits per heavy atom. The van der Waals surface area contributed by atoms with Crippen molar-refractivity contribution in [2.24, 2.45) is 5.92 Å². The highest BCUT2D eigenvalue weighted by Crippen LogP contribution is 2.38. The first kappa shape index (κ1) is 19.1. The topological polar surface area (TPSA) is 134 Å². The maximum atomic E-state index is 12.7. The predicted octanol–water partition coefficient (Wildman–Crippen LogP) is 0.0185. The summed E-state index contributed by atoms with van der Waals surface area (Å²) in [7, 11) is 0. The highest BCUT2D eigenvalue weighted by atomic mass is 16.5. The molecular weight excluding hydrogens is 356 g/mol. The number of carbonyl (C=O) groups is 5. The van der Waals surface area contributed by atoms with Crippen molar-refractivity contribution in [2.75, 3.05) is 13.2 Å². The number of esters is 1. The molecule has 148 valence electrons. The zero-order chi connectivity index (χ0) is 19.6. The summed E-state index contributed by atoms with van der Waals surface area (Å²) in [5, 5.41) is 7.34. The van der Waals surface area contributed by atoms with E-state index in [0.717, 1.165) is 37.0 Å². The minimum Gasteiger partial charge on any atom is -0.454 e. The molecule has 3 rings (SSSR count). The minimum atomic E-state index is -0.951. The van der Waals surface area contributed by atoms with Gasteiger partial charge in [0, 0.05) is 6.04 Å². The van der Waals surface area contributed by atoms with E-state index in [1.165, 1.54) is 0 Å². The molecule has 0 bridgehead atoms. The fraction of sp³-hybridized carbons (Fsp3) is 0.706. The summed E-state index contributed by atoms with van der Waals surface area (Å²) in [6.07, 6.45) is 4.96. The lowest BCUT2D eigenvalue weighted by atomic mass is 9.73. The summed E-state index contributed by atoms with van der Waals surface area (Å²) in [5.41, 5.74) is -0.951. The zero-order valence-corrected chi connectivity index (χ0v) is 15.2. The van der Waals surface area contributed by atoms with Gasteiger partial charge in [0.05, 0.1) is 0 Å². The van der Waals surface area contributed by atoms with Gasteiger partial charge in [0.2, 0.25) is 0 Å². The van der Waals surface area contributed by atoms with Crippen LogP contribution in [0.4, 0.5) is 9.59 Å². The molecule has 3 N–H and O–H groups in total. The largest absolute Gasteiger partial charge is 0.454 e. The second-order valence-corrected chi connectivity index (χ2v) is 7.40. The zero-order valence-electron chi connectivity index (χ0n) is 15.2. The third kappa shape index (κ3) is 4.20. The number of hydrogen-bond acceptors (Lipinski definition) is 6. The lowest BCUT2D eigenvalue weighted by Crippen LogP contribution is -2.54. The van der Waals surface area contributed by atoms with E-state index in [9.17, 15) is 24.0 Å². The van der Waals surface area contributed by atoms with E-state index in [4.69, 9.17) is 4.74 Å². The number of urea groups is 2. The summed E-state index contributed by atoms with van der Waals surface area (Å²) in [4.78, 5) is 60.7. The standard InChI is InChI=1S/C17H24N4O6/c1-10-4-2-3-7-17(10)14(24)21(16(26)20-17)8-13(23)27-9-12(22)19-15(25)18-11-5-6-11/h10-11H,2-9H2,1H3,(H,20,26)(H2,18,19,22,25)/t10-,17+/m0/s1. The van der Waals surface area contributed by atoms with Gasteiger partial charge in [-0.2, -0.15) is 0 Å². The van der Waals surface area contributed by atoms with E-state index in [1.54, 1.807) is 0 Å². The molecule has 10 nitrogen and oxygen atoms in total. The van der Waals surface area contributed by atoms with Crippen molar-refractivity contribution in [2.45, 2.75) is 57.0 Å². The summed E-state index contributed by atoms with van der Waals surface area (Å²) < 4.78 is 4.78. The number of nitrogens with zero attached hydrogens (tertiary/aromatic N) is 1. The fourth-order valence-corrected chi connectivity index (χ4v) is 3.57. The Bertz CT molecular complexity index is 676. The lowest BCUT2D eigenvalue weighted by molar-refractivity contribution is -0.151. The van der Waals surface area contributed by atoms with Crippen LogP contribution >= 0.6 is 0 Å². The molecule has 0 radical (unpaired) electrons. The van der Waals surface area contributed by atoms with Gasteiger partial charge in [0.15, 0.2) is 6.61 Å². The quantitative estimate of drug-likeness (QED) is 0.455. The highest BCUT2D eigenvalue weighted by Gasteiger charge is 2.55. The van der Waals surface area contributed by atoms with E-state index in [2.05, 4.69) is 10.6 Å². The predicted molar refractivity (Wildman–Crippen MR) is 91.3 cm³/mol. The maximum absolute atomic E-state index is 12.7. The van der Waals surface area contributed by atoms with Crippen LogP contribution in [0.3, 0.4) is 0 Å². The van der Waals surface area contributed by atoms with Crippen molar-refractivity contribution in [1.82, 2.24) is 20.9 Å². The van der Waals surface area contributed by atoms with Crippen LogP contribution < -0.4 is 16.0 Å². The number of imide groups is 2. The third-order valence-electron chi connectivity index (χ3n) is 5.32. The van der Waals surface area contributed by atoms with Crippen molar-refractivity contribution < 1.29 is 28.7 Å².